The van der Waals surface area contributed by atoms with Crippen LogP contribution in [0.15, 0.2) is 16.8 Å². The van der Waals surface area contributed by atoms with Gasteiger partial charge in [0.15, 0.2) is 0 Å². The molecule has 1 rings (SSSR count). The number of rotatable bonds is 8. The van der Waals surface area contributed by atoms with E-state index in [0.29, 0.717) is 12.1 Å². The van der Waals surface area contributed by atoms with Crippen LogP contribution in [0.4, 0.5) is 0 Å². The Morgan fingerprint density at radius 2 is 2.25 bits per heavy atom. The van der Waals surface area contributed by atoms with Gasteiger partial charge in [0.2, 0.25) is 0 Å². The number of aryl methyl sites for hydroxylation is 1. The summed E-state index contributed by atoms with van der Waals surface area (Å²) in [4.78, 5) is 0. The fraction of sp³-hybridized carbons (Fsp3) is 0.692. The van der Waals surface area contributed by atoms with Gasteiger partial charge in [-0.2, -0.15) is 11.3 Å². The van der Waals surface area contributed by atoms with Crippen molar-refractivity contribution in [2.45, 2.75) is 45.8 Å². The van der Waals surface area contributed by atoms with Crippen molar-refractivity contribution in [3.63, 3.8) is 0 Å². The van der Waals surface area contributed by atoms with Gasteiger partial charge in [-0.15, -0.1) is 0 Å². The molecule has 0 saturated heterocycles. The second-order valence-electron chi connectivity index (χ2n) is 3.99. The number of thiophene rings is 1. The van der Waals surface area contributed by atoms with Crippen LogP contribution < -0.4 is 5.32 Å². The Kier molecular flexibility index (Phi) is 6.69. The van der Waals surface area contributed by atoms with Gasteiger partial charge in [0, 0.05) is 12.6 Å². The van der Waals surface area contributed by atoms with E-state index in [-0.39, 0.29) is 0 Å². The lowest BCUT2D eigenvalue weighted by molar-refractivity contribution is 0.0458. The second kappa shape index (κ2) is 7.82. The standard InChI is InChI=1S/C13H23NOS/c1-4-14-13(11(3)15-5-2)7-6-12-8-9-16-10-12/h8-11,13-14H,4-7H2,1-3H3. The Bertz CT molecular complexity index is 261. The first kappa shape index (κ1) is 13.7. The fourth-order valence-electron chi connectivity index (χ4n) is 1.90. The molecule has 1 aromatic rings. The zero-order valence-corrected chi connectivity index (χ0v) is 11.3. The summed E-state index contributed by atoms with van der Waals surface area (Å²) in [5.41, 5.74) is 1.44. The lowest BCUT2D eigenvalue weighted by Gasteiger charge is -2.24. The SMILES string of the molecule is CCNC(CCc1ccsc1)C(C)OCC. The quantitative estimate of drug-likeness (QED) is 0.755. The average Bonchev–Trinajstić information content (AvgIpc) is 2.77. The topological polar surface area (TPSA) is 21.3 Å². The molecule has 0 radical (unpaired) electrons. The van der Waals surface area contributed by atoms with E-state index in [1.807, 2.05) is 0 Å². The summed E-state index contributed by atoms with van der Waals surface area (Å²) in [6.07, 6.45) is 2.58. The highest BCUT2D eigenvalue weighted by Crippen LogP contribution is 2.12. The maximum atomic E-state index is 5.67. The molecule has 0 aliphatic heterocycles. The van der Waals surface area contributed by atoms with Gasteiger partial charge in [-0.25, -0.2) is 0 Å². The minimum Gasteiger partial charge on any atom is -0.377 e. The molecule has 0 saturated carbocycles. The average molecular weight is 241 g/mol. The lowest BCUT2D eigenvalue weighted by atomic mass is 10.0. The zero-order chi connectivity index (χ0) is 11.8. The molecule has 2 atom stereocenters. The first-order chi connectivity index (χ1) is 7.77. The van der Waals surface area contributed by atoms with E-state index in [1.165, 1.54) is 5.56 Å². The van der Waals surface area contributed by atoms with Crippen molar-refractivity contribution < 1.29 is 4.74 Å². The molecule has 0 aromatic carbocycles. The molecule has 1 aromatic heterocycles. The molecule has 3 heteroatoms. The van der Waals surface area contributed by atoms with Gasteiger partial charge >= 0.3 is 0 Å². The highest BCUT2D eigenvalue weighted by molar-refractivity contribution is 7.07. The third kappa shape index (κ3) is 4.64. The molecule has 0 aliphatic carbocycles. The Balaban J connectivity index is 2.38. The first-order valence-corrected chi connectivity index (χ1v) is 7.08. The Labute approximate surface area is 103 Å². The highest BCUT2D eigenvalue weighted by atomic mass is 32.1. The van der Waals surface area contributed by atoms with E-state index >= 15 is 0 Å². The predicted molar refractivity (Wildman–Crippen MR) is 71.2 cm³/mol. The van der Waals surface area contributed by atoms with Crippen LogP contribution in [0.5, 0.6) is 0 Å². The van der Waals surface area contributed by atoms with Crippen molar-refractivity contribution in [3.05, 3.63) is 22.4 Å². The van der Waals surface area contributed by atoms with E-state index < -0.39 is 0 Å². The van der Waals surface area contributed by atoms with Crippen molar-refractivity contribution >= 4 is 11.3 Å². The first-order valence-electron chi connectivity index (χ1n) is 6.14. The van der Waals surface area contributed by atoms with Crippen LogP contribution in [0.1, 0.15) is 32.8 Å². The van der Waals surface area contributed by atoms with E-state index in [4.69, 9.17) is 4.74 Å². The van der Waals surface area contributed by atoms with Gasteiger partial charge in [-0.1, -0.05) is 6.92 Å². The number of nitrogens with one attached hydrogen (secondary N) is 1. The van der Waals surface area contributed by atoms with Gasteiger partial charge in [0.1, 0.15) is 0 Å². The van der Waals surface area contributed by atoms with Crippen LogP contribution in [0, 0.1) is 0 Å². The van der Waals surface area contributed by atoms with Crippen molar-refractivity contribution in [2.24, 2.45) is 0 Å². The summed E-state index contributed by atoms with van der Waals surface area (Å²) >= 11 is 1.77. The van der Waals surface area contributed by atoms with E-state index in [9.17, 15) is 0 Å². The summed E-state index contributed by atoms with van der Waals surface area (Å²) in [5, 5.41) is 7.88. The second-order valence-corrected chi connectivity index (χ2v) is 4.77. The summed E-state index contributed by atoms with van der Waals surface area (Å²) in [6, 6.07) is 2.67. The van der Waals surface area contributed by atoms with Gasteiger partial charge in [0.05, 0.1) is 6.10 Å². The lowest BCUT2D eigenvalue weighted by Crippen LogP contribution is -2.40. The number of likely N-dealkylation sites (N-methyl/N-ethyl adjacent to an activating group) is 1. The Morgan fingerprint density at radius 1 is 1.44 bits per heavy atom. The van der Waals surface area contributed by atoms with E-state index in [1.54, 1.807) is 11.3 Å². The molecule has 0 fully saturated rings. The van der Waals surface area contributed by atoms with E-state index in [2.05, 4.69) is 42.9 Å². The third-order valence-corrected chi connectivity index (χ3v) is 3.52. The minimum atomic E-state index is 0.295. The Hall–Kier alpha value is -0.380. The van der Waals surface area contributed by atoms with E-state index in [0.717, 1.165) is 26.0 Å². The van der Waals surface area contributed by atoms with Crippen LogP contribution in [0.25, 0.3) is 0 Å². The number of hydrogen-bond acceptors (Lipinski definition) is 3. The molecule has 0 aliphatic rings. The summed E-state index contributed by atoms with van der Waals surface area (Å²) in [6.45, 7) is 8.16. The molecule has 1 N–H and O–H groups in total. The molecule has 0 amide bonds. The highest BCUT2D eigenvalue weighted by Gasteiger charge is 2.16. The van der Waals surface area contributed by atoms with Gasteiger partial charge < -0.3 is 10.1 Å². The maximum Gasteiger partial charge on any atom is 0.0699 e. The molecule has 92 valence electrons. The van der Waals surface area contributed by atoms with Gasteiger partial charge in [0.25, 0.3) is 0 Å². The van der Waals surface area contributed by atoms with Crippen LogP contribution in [0.3, 0.4) is 0 Å². The maximum absolute atomic E-state index is 5.67. The van der Waals surface area contributed by atoms with Crippen LogP contribution in [-0.2, 0) is 11.2 Å². The van der Waals surface area contributed by atoms with Crippen LogP contribution in [-0.4, -0.2) is 25.3 Å². The largest absolute Gasteiger partial charge is 0.377 e. The summed E-state index contributed by atoms with van der Waals surface area (Å²) in [7, 11) is 0. The van der Waals surface area contributed by atoms with Crippen LogP contribution in [0.2, 0.25) is 0 Å². The monoisotopic (exact) mass is 241 g/mol. The molecule has 2 nitrogen and oxygen atoms in total. The van der Waals surface area contributed by atoms with Crippen molar-refractivity contribution in [1.29, 1.82) is 0 Å². The van der Waals surface area contributed by atoms with Gasteiger partial charge in [-0.3, -0.25) is 0 Å². The summed E-state index contributed by atoms with van der Waals surface area (Å²) < 4.78 is 5.67. The Morgan fingerprint density at radius 3 is 2.81 bits per heavy atom. The minimum absolute atomic E-state index is 0.295. The van der Waals surface area contributed by atoms with Crippen molar-refractivity contribution in [2.75, 3.05) is 13.2 Å². The molecule has 16 heavy (non-hydrogen) atoms. The molecule has 2 unspecified atom stereocenters. The molecular weight excluding hydrogens is 218 g/mol. The zero-order valence-electron chi connectivity index (χ0n) is 10.5. The number of ether oxygens (including phenoxy) is 1. The smallest absolute Gasteiger partial charge is 0.0699 e. The normalized spacial score (nSPS) is 14.9. The molecular formula is C13H23NOS. The van der Waals surface area contributed by atoms with Crippen molar-refractivity contribution in [1.82, 2.24) is 5.32 Å². The molecule has 1 heterocycles. The molecule has 0 bridgehead atoms. The fourth-order valence-corrected chi connectivity index (χ4v) is 2.60. The molecule has 0 spiro atoms. The summed E-state index contributed by atoms with van der Waals surface area (Å²) in [5.74, 6) is 0. The number of hydrogen-bond donors (Lipinski definition) is 1. The third-order valence-electron chi connectivity index (χ3n) is 2.79. The van der Waals surface area contributed by atoms with Crippen LogP contribution >= 0.6 is 11.3 Å². The predicted octanol–water partition coefficient (Wildman–Crippen LogP) is 3.08. The van der Waals surface area contributed by atoms with Gasteiger partial charge in [-0.05, 0) is 55.6 Å². The van der Waals surface area contributed by atoms with Crippen molar-refractivity contribution in [3.8, 4) is 0 Å².